The SMILES string of the molecule is CCCCCCc1ccc(Oc2cc(S(=O)(=O)O)ccc2[O-])cc1.[Na+]. The standard InChI is InChI=1S/C18H22O5S.Na/c1-2-3-4-5-6-14-7-9-15(10-8-14)23-18-13-16(24(20,21)22)11-12-17(18)19;/h7-13,19H,2-6H2,1H3,(H,20,21,22);/q;+1/p-1. The summed E-state index contributed by atoms with van der Waals surface area (Å²) in [4.78, 5) is -0.371. The Morgan fingerprint density at radius 2 is 1.72 bits per heavy atom. The third kappa shape index (κ3) is 6.99. The number of hydrogen-bond acceptors (Lipinski definition) is 4. The molecule has 0 spiro atoms. The molecule has 0 fully saturated rings. The summed E-state index contributed by atoms with van der Waals surface area (Å²) in [7, 11) is -4.38. The van der Waals surface area contributed by atoms with Crippen molar-refractivity contribution in [2.24, 2.45) is 0 Å². The van der Waals surface area contributed by atoms with E-state index in [9.17, 15) is 13.5 Å². The normalized spacial score (nSPS) is 11.0. The second kappa shape index (κ2) is 10.2. The van der Waals surface area contributed by atoms with Gasteiger partial charge in [-0.3, -0.25) is 4.55 Å². The Balaban J connectivity index is 0.00000312. The topological polar surface area (TPSA) is 86.7 Å². The van der Waals surface area contributed by atoms with Gasteiger partial charge < -0.3 is 9.84 Å². The summed E-state index contributed by atoms with van der Waals surface area (Å²) in [6.07, 6.45) is 5.77. The molecular formula is C18H21NaO5S. The number of rotatable bonds is 8. The summed E-state index contributed by atoms with van der Waals surface area (Å²) >= 11 is 0. The van der Waals surface area contributed by atoms with Gasteiger partial charge in [-0.2, -0.15) is 8.42 Å². The van der Waals surface area contributed by atoms with Gasteiger partial charge in [-0.05, 0) is 36.6 Å². The zero-order valence-corrected chi connectivity index (χ0v) is 17.4. The van der Waals surface area contributed by atoms with E-state index < -0.39 is 15.9 Å². The average molecular weight is 372 g/mol. The first kappa shape index (κ1) is 22.0. The van der Waals surface area contributed by atoms with Crippen LogP contribution in [0.3, 0.4) is 0 Å². The van der Waals surface area contributed by atoms with Crippen LogP contribution in [-0.2, 0) is 16.5 Å². The molecule has 0 aliphatic heterocycles. The predicted octanol–water partition coefficient (Wildman–Crippen LogP) is 0.926. The van der Waals surface area contributed by atoms with Crippen molar-refractivity contribution in [3.05, 3.63) is 48.0 Å². The fourth-order valence-corrected chi connectivity index (χ4v) is 2.83. The maximum atomic E-state index is 11.8. The maximum Gasteiger partial charge on any atom is 1.00 e. The van der Waals surface area contributed by atoms with Gasteiger partial charge in [0.2, 0.25) is 0 Å². The van der Waals surface area contributed by atoms with Gasteiger partial charge in [-0.25, -0.2) is 0 Å². The Morgan fingerprint density at radius 1 is 1.04 bits per heavy atom. The first-order valence-electron chi connectivity index (χ1n) is 7.95. The largest absolute Gasteiger partial charge is 1.00 e. The number of unbranched alkanes of at least 4 members (excludes halogenated alkanes) is 3. The van der Waals surface area contributed by atoms with Gasteiger partial charge in [0.25, 0.3) is 10.1 Å². The first-order valence-corrected chi connectivity index (χ1v) is 9.39. The minimum Gasteiger partial charge on any atom is -0.870 e. The summed E-state index contributed by atoms with van der Waals surface area (Å²) in [5.41, 5.74) is 1.19. The summed E-state index contributed by atoms with van der Waals surface area (Å²) in [6, 6.07) is 10.5. The molecule has 5 nitrogen and oxygen atoms in total. The van der Waals surface area contributed by atoms with Crippen molar-refractivity contribution >= 4 is 10.1 Å². The Kier molecular flexibility index (Phi) is 8.96. The van der Waals surface area contributed by atoms with Crippen molar-refractivity contribution in [1.29, 1.82) is 0 Å². The van der Waals surface area contributed by atoms with E-state index in [0.717, 1.165) is 31.0 Å². The van der Waals surface area contributed by atoms with Crippen LogP contribution in [0.1, 0.15) is 38.2 Å². The van der Waals surface area contributed by atoms with Crippen LogP contribution >= 0.6 is 0 Å². The van der Waals surface area contributed by atoms with E-state index in [0.29, 0.717) is 5.75 Å². The molecule has 0 atom stereocenters. The van der Waals surface area contributed by atoms with Gasteiger partial charge in [0.05, 0.1) is 4.90 Å². The molecule has 25 heavy (non-hydrogen) atoms. The summed E-state index contributed by atoms with van der Waals surface area (Å²) in [6.45, 7) is 2.17. The Bertz CT molecular complexity index is 773. The van der Waals surface area contributed by atoms with Gasteiger partial charge in [-0.1, -0.05) is 50.1 Å². The molecule has 0 unspecified atom stereocenters. The molecule has 0 amide bonds. The van der Waals surface area contributed by atoms with Crippen LogP contribution in [0.2, 0.25) is 0 Å². The molecule has 2 aromatic carbocycles. The Morgan fingerprint density at radius 3 is 2.32 bits per heavy atom. The van der Waals surface area contributed by atoms with E-state index in [4.69, 9.17) is 9.29 Å². The van der Waals surface area contributed by atoms with Crippen LogP contribution in [0.25, 0.3) is 0 Å². The molecule has 0 aliphatic rings. The quantitative estimate of drug-likeness (QED) is 0.423. The fraction of sp³-hybridized carbons (Fsp3) is 0.333. The molecular weight excluding hydrogens is 351 g/mol. The monoisotopic (exact) mass is 372 g/mol. The van der Waals surface area contributed by atoms with Crippen molar-refractivity contribution in [1.82, 2.24) is 0 Å². The molecule has 0 aliphatic carbocycles. The average Bonchev–Trinajstić information content (AvgIpc) is 2.54. The fourth-order valence-electron chi connectivity index (χ4n) is 2.34. The van der Waals surface area contributed by atoms with Crippen molar-refractivity contribution in [2.45, 2.75) is 43.9 Å². The van der Waals surface area contributed by atoms with E-state index >= 15 is 0 Å². The van der Waals surface area contributed by atoms with E-state index in [2.05, 4.69) is 6.92 Å². The number of aryl methyl sites for hydroxylation is 1. The second-order valence-corrected chi connectivity index (χ2v) is 7.06. The van der Waals surface area contributed by atoms with Gasteiger partial charge in [-0.15, -0.1) is 0 Å². The van der Waals surface area contributed by atoms with E-state index in [-0.39, 0.29) is 40.2 Å². The molecule has 7 heteroatoms. The van der Waals surface area contributed by atoms with Crippen molar-refractivity contribution in [2.75, 3.05) is 0 Å². The third-order valence-electron chi connectivity index (χ3n) is 3.68. The molecule has 1 N–H and O–H groups in total. The molecule has 0 bridgehead atoms. The molecule has 2 rings (SSSR count). The minimum absolute atomic E-state index is 0. The van der Waals surface area contributed by atoms with E-state index in [1.165, 1.54) is 24.8 Å². The van der Waals surface area contributed by atoms with Crippen LogP contribution in [0, 0.1) is 0 Å². The van der Waals surface area contributed by atoms with Crippen molar-refractivity contribution in [3.8, 4) is 17.2 Å². The van der Waals surface area contributed by atoms with Crippen LogP contribution in [0.4, 0.5) is 0 Å². The Labute approximate surface area is 171 Å². The van der Waals surface area contributed by atoms with Crippen molar-refractivity contribution in [3.63, 3.8) is 0 Å². The number of ether oxygens (including phenoxy) is 1. The molecule has 2 aromatic rings. The minimum atomic E-state index is -4.38. The van der Waals surface area contributed by atoms with Gasteiger partial charge in [0.1, 0.15) is 11.5 Å². The van der Waals surface area contributed by atoms with Crippen molar-refractivity contribution < 1.29 is 52.4 Å². The van der Waals surface area contributed by atoms with Crippen LogP contribution < -0.4 is 39.4 Å². The van der Waals surface area contributed by atoms with Gasteiger partial charge >= 0.3 is 29.6 Å². The van der Waals surface area contributed by atoms with Gasteiger partial charge in [0, 0.05) is 6.07 Å². The zero-order valence-electron chi connectivity index (χ0n) is 14.6. The third-order valence-corrected chi connectivity index (χ3v) is 4.53. The summed E-state index contributed by atoms with van der Waals surface area (Å²) < 4.78 is 36.8. The smallest absolute Gasteiger partial charge is 0.870 e. The zero-order chi connectivity index (χ0) is 17.6. The molecule has 0 heterocycles. The van der Waals surface area contributed by atoms with Crippen LogP contribution in [-0.4, -0.2) is 13.0 Å². The maximum absolute atomic E-state index is 11.8. The summed E-state index contributed by atoms with van der Waals surface area (Å²) in [5.74, 6) is -0.149. The molecule has 0 saturated heterocycles. The van der Waals surface area contributed by atoms with Crippen LogP contribution in [0.5, 0.6) is 17.2 Å². The van der Waals surface area contributed by atoms with E-state index in [1.807, 2.05) is 12.1 Å². The molecule has 0 saturated carbocycles. The van der Waals surface area contributed by atoms with E-state index in [1.54, 1.807) is 12.1 Å². The predicted molar refractivity (Wildman–Crippen MR) is 90.1 cm³/mol. The number of hydrogen-bond donors (Lipinski definition) is 1. The second-order valence-electron chi connectivity index (χ2n) is 5.64. The summed E-state index contributed by atoms with van der Waals surface area (Å²) in [5, 5.41) is 11.8. The molecule has 130 valence electrons. The molecule has 0 aromatic heterocycles. The van der Waals surface area contributed by atoms with Crippen LogP contribution in [0.15, 0.2) is 47.4 Å². The first-order chi connectivity index (χ1) is 11.4. The number of benzene rings is 2. The Hall–Kier alpha value is -1.05. The molecule has 0 radical (unpaired) electrons. The van der Waals surface area contributed by atoms with Gasteiger partial charge in [0.15, 0.2) is 0 Å².